The van der Waals surface area contributed by atoms with Crippen LogP contribution in [-0.4, -0.2) is 51.3 Å². The molecule has 1 fully saturated rings. The number of rotatable bonds is 5. The topological polar surface area (TPSA) is 144 Å². The summed E-state index contributed by atoms with van der Waals surface area (Å²) in [6, 6.07) is 3.05. The first kappa shape index (κ1) is 17.5. The van der Waals surface area contributed by atoms with Crippen molar-refractivity contribution in [2.24, 2.45) is 0 Å². The molecule has 0 bridgehead atoms. The number of nitrogens with two attached hydrogens (primary N) is 1. The zero-order valence-electron chi connectivity index (χ0n) is 14.1. The molecule has 0 radical (unpaired) electrons. The van der Waals surface area contributed by atoms with Gasteiger partial charge in [0, 0.05) is 12.6 Å². The number of pyridine rings is 1. The number of amides is 2. The normalized spacial score (nSPS) is 16.5. The van der Waals surface area contributed by atoms with Crippen molar-refractivity contribution in [1.82, 2.24) is 15.0 Å². The Morgan fingerprint density at radius 3 is 2.92 bits per heavy atom. The molecule has 3 heterocycles. The average molecular weight is 361 g/mol. The van der Waals surface area contributed by atoms with Gasteiger partial charge in [0.2, 0.25) is 11.8 Å². The van der Waals surface area contributed by atoms with E-state index in [1.807, 2.05) is 0 Å². The first-order valence-corrected chi connectivity index (χ1v) is 8.07. The van der Waals surface area contributed by atoms with Gasteiger partial charge in [0.05, 0.1) is 23.6 Å². The van der Waals surface area contributed by atoms with Gasteiger partial charge in [-0.05, 0) is 25.8 Å². The number of anilines is 2. The Bertz CT molecular complexity index is 784. The molecule has 3 rings (SSSR count). The zero-order chi connectivity index (χ0) is 18.7. The third-order valence-corrected chi connectivity index (χ3v) is 4.16. The van der Waals surface area contributed by atoms with Gasteiger partial charge in [-0.1, -0.05) is 5.16 Å². The maximum Gasteiger partial charge on any atom is 0.407 e. The second kappa shape index (κ2) is 7.30. The van der Waals surface area contributed by atoms with E-state index in [0.29, 0.717) is 23.8 Å². The Balaban J connectivity index is 1.57. The van der Waals surface area contributed by atoms with Gasteiger partial charge >= 0.3 is 6.09 Å². The molecule has 4 N–H and O–H groups in total. The molecule has 1 atom stereocenters. The molecule has 10 heteroatoms. The minimum atomic E-state index is -0.939. The van der Waals surface area contributed by atoms with E-state index in [9.17, 15) is 9.59 Å². The Morgan fingerprint density at radius 1 is 1.50 bits per heavy atom. The number of hydrogen-bond acceptors (Lipinski definition) is 7. The smallest absolute Gasteiger partial charge is 0.407 e. The number of ether oxygens (including phenoxy) is 1. The molecule has 2 aromatic heterocycles. The summed E-state index contributed by atoms with van der Waals surface area (Å²) in [7, 11) is 0. The fourth-order valence-corrected chi connectivity index (χ4v) is 2.84. The Hall–Kier alpha value is -3.30. The molecule has 0 aliphatic carbocycles. The van der Waals surface area contributed by atoms with Gasteiger partial charge in [0.25, 0.3) is 5.91 Å². The second-order valence-electron chi connectivity index (χ2n) is 5.93. The Labute approximate surface area is 148 Å². The van der Waals surface area contributed by atoms with Crippen molar-refractivity contribution in [1.29, 1.82) is 0 Å². The number of hydrogen-bond donors (Lipinski definition) is 3. The molecule has 1 saturated heterocycles. The monoisotopic (exact) mass is 361 g/mol. The molecule has 2 aromatic rings. The summed E-state index contributed by atoms with van der Waals surface area (Å²) in [6.07, 6.45) is 2.09. The maximum absolute atomic E-state index is 12.2. The molecule has 0 aromatic carbocycles. The lowest BCUT2D eigenvalue weighted by Crippen LogP contribution is -2.38. The number of aromatic nitrogens is 2. The van der Waals surface area contributed by atoms with E-state index in [1.165, 1.54) is 11.1 Å². The Kier molecular flexibility index (Phi) is 4.92. The van der Waals surface area contributed by atoms with Gasteiger partial charge in [-0.2, -0.15) is 0 Å². The molecule has 2 amide bonds. The van der Waals surface area contributed by atoms with Gasteiger partial charge in [-0.3, -0.25) is 4.79 Å². The first-order chi connectivity index (χ1) is 12.5. The SMILES string of the molecule is Cc1noc(N)c1C(=O)Nc1ccc(OCC2CCCN2C(=O)O)nc1. The summed E-state index contributed by atoms with van der Waals surface area (Å²) in [5, 5.41) is 15.4. The number of carbonyl (C=O) groups is 2. The third kappa shape index (κ3) is 3.68. The van der Waals surface area contributed by atoms with Crippen molar-refractivity contribution >= 4 is 23.6 Å². The van der Waals surface area contributed by atoms with E-state index in [1.54, 1.807) is 19.1 Å². The highest BCUT2D eigenvalue weighted by Gasteiger charge is 2.29. The van der Waals surface area contributed by atoms with E-state index in [2.05, 4.69) is 15.5 Å². The van der Waals surface area contributed by atoms with Crippen LogP contribution in [0, 0.1) is 6.92 Å². The fourth-order valence-electron chi connectivity index (χ4n) is 2.84. The summed E-state index contributed by atoms with van der Waals surface area (Å²) in [5.74, 6) is -0.145. The lowest BCUT2D eigenvalue weighted by Gasteiger charge is -2.21. The van der Waals surface area contributed by atoms with E-state index >= 15 is 0 Å². The standard InChI is InChI=1S/C16H19N5O5/c1-9-13(14(17)26-20-9)15(22)19-10-4-5-12(18-7-10)25-8-11-3-2-6-21(11)16(23)24/h4-5,7,11H,2-3,6,8,17H2,1H3,(H,19,22)(H,23,24). The van der Waals surface area contributed by atoms with Crippen LogP contribution in [0.1, 0.15) is 28.9 Å². The largest absolute Gasteiger partial charge is 0.475 e. The number of aryl methyl sites for hydroxylation is 1. The van der Waals surface area contributed by atoms with Crippen molar-refractivity contribution in [3.05, 3.63) is 29.6 Å². The van der Waals surface area contributed by atoms with Crippen LogP contribution in [0.5, 0.6) is 5.88 Å². The third-order valence-electron chi connectivity index (χ3n) is 4.16. The van der Waals surface area contributed by atoms with Crippen LogP contribution in [0.4, 0.5) is 16.4 Å². The quantitative estimate of drug-likeness (QED) is 0.730. The predicted molar refractivity (Wildman–Crippen MR) is 91.1 cm³/mol. The maximum atomic E-state index is 12.2. The van der Waals surface area contributed by atoms with Gasteiger partial charge in [-0.15, -0.1) is 0 Å². The molecule has 1 unspecified atom stereocenters. The van der Waals surface area contributed by atoms with Crippen molar-refractivity contribution in [3.8, 4) is 5.88 Å². The summed E-state index contributed by atoms with van der Waals surface area (Å²) < 4.78 is 10.3. The fraction of sp³-hybridized carbons (Fsp3) is 0.375. The molecule has 1 aliphatic rings. The number of carbonyl (C=O) groups excluding carboxylic acids is 1. The van der Waals surface area contributed by atoms with E-state index in [4.69, 9.17) is 20.1 Å². The number of nitrogens with one attached hydrogen (secondary N) is 1. The lowest BCUT2D eigenvalue weighted by atomic mass is 10.2. The van der Waals surface area contributed by atoms with Crippen molar-refractivity contribution in [2.45, 2.75) is 25.8 Å². The molecule has 1 aliphatic heterocycles. The first-order valence-electron chi connectivity index (χ1n) is 8.07. The summed E-state index contributed by atoms with van der Waals surface area (Å²) >= 11 is 0. The molecule has 0 saturated carbocycles. The van der Waals surface area contributed by atoms with Crippen molar-refractivity contribution < 1.29 is 24.0 Å². The van der Waals surface area contributed by atoms with Gasteiger partial charge in [-0.25, -0.2) is 9.78 Å². The van der Waals surface area contributed by atoms with Crippen LogP contribution in [0.3, 0.4) is 0 Å². The van der Waals surface area contributed by atoms with E-state index < -0.39 is 12.0 Å². The number of likely N-dealkylation sites (tertiary alicyclic amines) is 1. The zero-order valence-corrected chi connectivity index (χ0v) is 14.1. The van der Waals surface area contributed by atoms with Crippen LogP contribution in [0.2, 0.25) is 0 Å². The number of nitrogens with zero attached hydrogens (tertiary/aromatic N) is 3. The summed E-state index contributed by atoms with van der Waals surface area (Å²) in [4.78, 5) is 28.8. The molecule has 10 nitrogen and oxygen atoms in total. The predicted octanol–water partition coefficient (Wildman–Crippen LogP) is 1.73. The van der Waals surface area contributed by atoms with Gasteiger partial charge in [0.15, 0.2) is 0 Å². The molecule has 138 valence electrons. The summed E-state index contributed by atoms with van der Waals surface area (Å²) in [6.45, 7) is 2.38. The second-order valence-corrected chi connectivity index (χ2v) is 5.93. The van der Waals surface area contributed by atoms with Crippen molar-refractivity contribution in [3.63, 3.8) is 0 Å². The average Bonchev–Trinajstić information content (AvgIpc) is 3.21. The molecule has 26 heavy (non-hydrogen) atoms. The van der Waals surface area contributed by atoms with Crippen molar-refractivity contribution in [2.75, 3.05) is 24.2 Å². The minimum absolute atomic E-state index is 0.0486. The highest BCUT2D eigenvalue weighted by molar-refractivity contribution is 6.07. The Morgan fingerprint density at radius 2 is 2.31 bits per heavy atom. The van der Waals surface area contributed by atoms with Crippen LogP contribution in [0.15, 0.2) is 22.9 Å². The van der Waals surface area contributed by atoms with Crippen LogP contribution in [0.25, 0.3) is 0 Å². The number of nitrogen functional groups attached to an aromatic ring is 1. The molecular weight excluding hydrogens is 342 g/mol. The van der Waals surface area contributed by atoms with E-state index in [0.717, 1.165) is 12.8 Å². The van der Waals surface area contributed by atoms with E-state index in [-0.39, 0.29) is 24.1 Å². The lowest BCUT2D eigenvalue weighted by molar-refractivity contribution is 0.102. The summed E-state index contributed by atoms with van der Waals surface area (Å²) in [5.41, 5.74) is 6.61. The minimum Gasteiger partial charge on any atom is -0.475 e. The highest BCUT2D eigenvalue weighted by atomic mass is 16.5. The molecular formula is C16H19N5O5. The molecule has 0 spiro atoms. The highest BCUT2D eigenvalue weighted by Crippen LogP contribution is 2.20. The van der Waals surface area contributed by atoms with Gasteiger partial charge in [0.1, 0.15) is 12.2 Å². The van der Waals surface area contributed by atoms with Crippen LogP contribution >= 0.6 is 0 Å². The number of carboxylic acid groups (broad SMARTS) is 1. The van der Waals surface area contributed by atoms with Crippen LogP contribution < -0.4 is 15.8 Å². The van der Waals surface area contributed by atoms with Crippen LogP contribution in [-0.2, 0) is 0 Å². The van der Waals surface area contributed by atoms with Gasteiger partial charge < -0.3 is 30.3 Å².